The van der Waals surface area contributed by atoms with E-state index in [4.69, 9.17) is 0 Å². The zero-order valence-corrected chi connectivity index (χ0v) is 33.9. The summed E-state index contributed by atoms with van der Waals surface area (Å²) in [6.45, 7) is 0. The van der Waals surface area contributed by atoms with Gasteiger partial charge in [0.25, 0.3) is 0 Å². The predicted molar refractivity (Wildman–Crippen MR) is 253 cm³/mol. The molecule has 0 atom stereocenters. The molecule has 4 fully saturated rings. The van der Waals surface area contributed by atoms with Gasteiger partial charge in [0, 0.05) is 54.5 Å². The van der Waals surface area contributed by atoms with Crippen molar-refractivity contribution in [3.8, 4) is 28.2 Å². The van der Waals surface area contributed by atoms with Crippen molar-refractivity contribution >= 4 is 65.4 Å². The van der Waals surface area contributed by atoms with E-state index < -0.39 is 0 Å². The first-order valence-electron chi connectivity index (χ1n) is 22.5. The lowest BCUT2D eigenvalue weighted by Crippen LogP contribution is -2.57. The number of aromatic nitrogens is 3. The van der Waals surface area contributed by atoms with Gasteiger partial charge in [0.15, 0.2) is 0 Å². The second-order valence-electron chi connectivity index (χ2n) is 18.9. The number of rotatable bonds is 3. The van der Waals surface area contributed by atoms with E-state index in [9.17, 15) is 0 Å². The summed E-state index contributed by atoms with van der Waals surface area (Å²) in [4.78, 5) is 0. The summed E-state index contributed by atoms with van der Waals surface area (Å²) in [6, 6.07) is 67.0. The number of hydrogen-bond acceptors (Lipinski definition) is 0. The number of benzene rings is 8. The summed E-state index contributed by atoms with van der Waals surface area (Å²) in [5.41, 5.74) is 17.3. The van der Waals surface area contributed by atoms with Gasteiger partial charge in [-0.1, -0.05) is 127 Å². The SMILES string of the molecule is c1ccc(-n2c3ccccc3c3ccccc32)c(-c2cccc3c2-n2c4ccc(-n5c6ccccc6c6ccccc65)cc4c4cccc(c42)C32C3CC4CC(C3)CC2C4)c1. The highest BCUT2D eigenvalue weighted by Gasteiger charge is 2.61. The van der Waals surface area contributed by atoms with Crippen molar-refractivity contribution < 1.29 is 0 Å². The molecular weight excluding hydrogens is 739 g/mol. The second kappa shape index (κ2) is 11.7. The van der Waals surface area contributed by atoms with Crippen LogP contribution in [0.25, 0.3) is 93.6 Å². The van der Waals surface area contributed by atoms with Crippen LogP contribution in [0.15, 0.2) is 176 Å². The van der Waals surface area contributed by atoms with Gasteiger partial charge in [0.05, 0.1) is 44.5 Å². The Hall–Kier alpha value is -6.84. The minimum atomic E-state index is -0.0138. The first-order chi connectivity index (χ1) is 30.3. The Morgan fingerprint density at radius 2 is 0.852 bits per heavy atom. The van der Waals surface area contributed by atoms with Crippen molar-refractivity contribution in [1.29, 1.82) is 0 Å². The highest BCUT2D eigenvalue weighted by atomic mass is 15.0. The maximum absolute atomic E-state index is 2.72. The molecule has 4 saturated carbocycles. The first kappa shape index (κ1) is 32.9. The second-order valence-corrected chi connectivity index (χ2v) is 18.9. The van der Waals surface area contributed by atoms with Crippen LogP contribution in [0.4, 0.5) is 0 Å². The summed E-state index contributed by atoms with van der Waals surface area (Å²) in [7, 11) is 0. The largest absolute Gasteiger partial charge is 0.309 e. The molecule has 0 saturated heterocycles. The fourth-order valence-electron chi connectivity index (χ4n) is 14.3. The number of nitrogens with zero attached hydrogens (tertiary/aromatic N) is 3. The van der Waals surface area contributed by atoms with Gasteiger partial charge in [-0.15, -0.1) is 0 Å². The number of para-hydroxylation sites is 7. The lowest BCUT2D eigenvalue weighted by Gasteiger charge is -2.63. The minimum Gasteiger partial charge on any atom is -0.309 e. The number of fused-ring (bicyclic) bond motifs is 11. The van der Waals surface area contributed by atoms with Crippen LogP contribution in [0.2, 0.25) is 0 Å². The van der Waals surface area contributed by atoms with Gasteiger partial charge in [-0.3, -0.25) is 0 Å². The van der Waals surface area contributed by atoms with Crippen LogP contribution in [0, 0.1) is 23.7 Å². The summed E-state index contributed by atoms with van der Waals surface area (Å²) in [6.07, 6.45) is 6.84. The van der Waals surface area contributed by atoms with Gasteiger partial charge in [-0.2, -0.15) is 0 Å². The topological polar surface area (TPSA) is 14.8 Å². The fraction of sp³-hybridized carbons (Fsp3) is 0.172. The van der Waals surface area contributed by atoms with E-state index in [2.05, 4.69) is 190 Å². The van der Waals surface area contributed by atoms with Crippen LogP contribution in [-0.2, 0) is 5.41 Å². The summed E-state index contributed by atoms with van der Waals surface area (Å²) in [5, 5.41) is 7.88. The maximum atomic E-state index is 2.72. The Kier molecular flexibility index (Phi) is 6.32. The molecule has 4 aliphatic carbocycles. The van der Waals surface area contributed by atoms with Crippen LogP contribution in [0.1, 0.15) is 43.2 Å². The fourth-order valence-corrected chi connectivity index (χ4v) is 14.3. The van der Waals surface area contributed by atoms with Crippen molar-refractivity contribution in [3.05, 3.63) is 187 Å². The van der Waals surface area contributed by atoms with E-state index in [-0.39, 0.29) is 5.41 Å². The van der Waals surface area contributed by atoms with Crippen LogP contribution in [0.5, 0.6) is 0 Å². The van der Waals surface area contributed by atoms with Gasteiger partial charge in [-0.05, 0) is 115 Å². The first-order valence-corrected chi connectivity index (χ1v) is 22.5. The molecule has 11 aromatic rings. The van der Waals surface area contributed by atoms with Crippen LogP contribution < -0.4 is 0 Å². The van der Waals surface area contributed by atoms with Crippen LogP contribution in [0.3, 0.4) is 0 Å². The third-order valence-electron chi connectivity index (χ3n) is 16.2. The smallest absolute Gasteiger partial charge is 0.0582 e. The molecule has 8 aromatic carbocycles. The lowest BCUT2D eigenvalue weighted by molar-refractivity contribution is -0.0418. The van der Waals surface area contributed by atoms with Crippen molar-refractivity contribution in [2.75, 3.05) is 0 Å². The average molecular weight is 782 g/mol. The van der Waals surface area contributed by atoms with Crippen molar-refractivity contribution in [2.24, 2.45) is 23.7 Å². The molecule has 16 rings (SSSR count). The van der Waals surface area contributed by atoms with E-state index >= 15 is 0 Å². The van der Waals surface area contributed by atoms with Gasteiger partial charge in [0.2, 0.25) is 0 Å². The molecule has 0 radical (unpaired) electrons. The Labute approximate surface area is 354 Å². The van der Waals surface area contributed by atoms with E-state index in [1.165, 1.54) is 126 Å². The maximum Gasteiger partial charge on any atom is 0.0582 e. The Balaban J connectivity index is 1.06. The third kappa shape index (κ3) is 4.06. The average Bonchev–Trinajstić information content (AvgIpc) is 3.95. The lowest BCUT2D eigenvalue weighted by atomic mass is 9.41. The van der Waals surface area contributed by atoms with E-state index in [1.807, 2.05) is 0 Å². The molecule has 4 heterocycles. The molecule has 1 aliphatic heterocycles. The van der Waals surface area contributed by atoms with E-state index in [1.54, 1.807) is 11.1 Å². The van der Waals surface area contributed by atoms with E-state index in [0.717, 1.165) is 11.8 Å². The summed E-state index contributed by atoms with van der Waals surface area (Å²) in [5.74, 6) is 3.04. The summed E-state index contributed by atoms with van der Waals surface area (Å²) >= 11 is 0. The van der Waals surface area contributed by atoms with Gasteiger partial charge in [-0.25, -0.2) is 0 Å². The van der Waals surface area contributed by atoms with Gasteiger partial charge < -0.3 is 13.7 Å². The standard InChI is InChI=1S/C58H43N3/c1-6-22-50-40(13-1)41-14-2-7-23-51(41)59(50)39-27-28-55-47(34-39)46-19-12-21-49-57(46)61(55)56-45(18-11-20-48(56)58(49)37-30-35-29-36(32-37)33-38(58)31-35)44-17-5-10-26-54(44)60-52-24-8-3-15-42(52)43-16-4-9-25-53(43)60/h1-28,34-38H,29-33H2. The van der Waals surface area contributed by atoms with Crippen molar-refractivity contribution in [2.45, 2.75) is 37.5 Å². The molecule has 0 unspecified atom stereocenters. The third-order valence-corrected chi connectivity index (χ3v) is 16.2. The molecule has 4 bridgehead atoms. The molecule has 0 amide bonds. The highest BCUT2D eigenvalue weighted by molar-refractivity contribution is 6.15. The van der Waals surface area contributed by atoms with E-state index in [0.29, 0.717) is 11.8 Å². The van der Waals surface area contributed by atoms with Gasteiger partial charge in [0.1, 0.15) is 0 Å². The summed E-state index contributed by atoms with van der Waals surface area (Å²) < 4.78 is 7.73. The van der Waals surface area contributed by atoms with Crippen LogP contribution >= 0.6 is 0 Å². The highest BCUT2D eigenvalue weighted by Crippen LogP contribution is 2.68. The molecule has 3 aromatic heterocycles. The van der Waals surface area contributed by atoms with Gasteiger partial charge >= 0.3 is 0 Å². The zero-order valence-electron chi connectivity index (χ0n) is 33.9. The Bertz CT molecular complexity index is 3550. The molecule has 0 N–H and O–H groups in total. The number of hydrogen-bond donors (Lipinski definition) is 0. The van der Waals surface area contributed by atoms with Crippen molar-refractivity contribution in [3.63, 3.8) is 0 Å². The van der Waals surface area contributed by atoms with Crippen molar-refractivity contribution in [1.82, 2.24) is 13.7 Å². The molecule has 5 aliphatic rings. The molecule has 61 heavy (non-hydrogen) atoms. The molecule has 3 heteroatoms. The normalized spacial score (nSPS) is 22.5. The Morgan fingerprint density at radius 1 is 0.361 bits per heavy atom. The zero-order chi connectivity index (χ0) is 39.6. The molecule has 3 nitrogen and oxygen atoms in total. The molecule has 290 valence electrons. The quantitative estimate of drug-likeness (QED) is 0.170. The predicted octanol–water partition coefficient (Wildman–Crippen LogP) is 14.7. The molecular formula is C58H43N3. The monoisotopic (exact) mass is 781 g/mol. The Morgan fingerprint density at radius 3 is 1.49 bits per heavy atom. The van der Waals surface area contributed by atoms with Crippen LogP contribution in [-0.4, -0.2) is 13.7 Å². The minimum absolute atomic E-state index is 0.0138. The molecule has 1 spiro atoms.